The molecule has 0 N–H and O–H groups in total. The van der Waals surface area contributed by atoms with Gasteiger partial charge in [0.25, 0.3) is 0 Å². The van der Waals surface area contributed by atoms with Gasteiger partial charge in [-0.2, -0.15) is 0 Å². The van der Waals surface area contributed by atoms with Gasteiger partial charge in [-0.1, -0.05) is 50.2 Å². The Morgan fingerprint density at radius 1 is 0.657 bits per heavy atom. The largest absolute Gasteiger partial charge is 0.494 e. The van der Waals surface area contributed by atoms with E-state index in [0.29, 0.717) is 5.92 Å². The maximum atomic E-state index is 6.50. The first-order valence-corrected chi connectivity index (χ1v) is 13.3. The minimum absolute atomic E-state index is 0.383. The zero-order valence-corrected chi connectivity index (χ0v) is 24.2. The summed E-state index contributed by atoms with van der Waals surface area (Å²) in [5.41, 5.74) is 11.8. The van der Waals surface area contributed by atoms with E-state index in [4.69, 9.17) is 9.31 Å². The van der Waals surface area contributed by atoms with Crippen LogP contribution in [0.3, 0.4) is 0 Å². The van der Waals surface area contributed by atoms with E-state index in [-0.39, 0.29) is 11.2 Å². The van der Waals surface area contributed by atoms with Crippen molar-refractivity contribution in [1.82, 2.24) is 0 Å². The second kappa shape index (κ2) is 9.18. The molecule has 1 unspecified atom stereocenters. The number of hydrogen-bond acceptors (Lipinski definition) is 2. The summed E-state index contributed by atoms with van der Waals surface area (Å²) in [7, 11) is 2.42. The smallest absolute Gasteiger partial charge is 0.399 e. The van der Waals surface area contributed by atoms with Gasteiger partial charge in [-0.25, -0.2) is 0 Å². The Bertz CT molecular complexity index is 1230. The second-order valence-electron chi connectivity index (χ2n) is 11.6. The Morgan fingerprint density at radius 2 is 1.06 bits per heavy atom. The van der Waals surface area contributed by atoms with Crippen LogP contribution in [0.4, 0.5) is 0 Å². The molecule has 184 valence electrons. The fraction of sp³-hybridized carbons (Fsp3) is 0.419. The molecule has 3 aromatic carbocycles. The lowest BCUT2D eigenvalue weighted by Gasteiger charge is -2.32. The molecular formula is C31H40BO2P. The predicted molar refractivity (Wildman–Crippen MR) is 155 cm³/mol. The normalized spacial score (nSPS) is 16.9. The predicted octanol–water partition coefficient (Wildman–Crippen LogP) is 7.18. The molecule has 35 heavy (non-hydrogen) atoms. The topological polar surface area (TPSA) is 18.5 Å². The Labute approximate surface area is 215 Å². The number of benzene rings is 3. The maximum absolute atomic E-state index is 6.50. The quantitative estimate of drug-likeness (QED) is 0.287. The van der Waals surface area contributed by atoms with Gasteiger partial charge >= 0.3 is 7.12 Å². The first kappa shape index (κ1) is 26.1. The molecule has 1 saturated heterocycles. The molecule has 0 spiro atoms. The average molecular weight is 486 g/mol. The SMILES string of the molecule is Cc1cc(P)cc(C)c1-c1cc(B2OC(C)(C)C(C)(C)O2)cc(-c2c(C)cc(C(C)C)cc2C)c1. The molecule has 0 radical (unpaired) electrons. The van der Waals surface area contributed by atoms with E-state index >= 15 is 0 Å². The molecule has 1 heterocycles. The van der Waals surface area contributed by atoms with Gasteiger partial charge in [0.1, 0.15) is 0 Å². The standard InChI is InChI=1S/C31H40BO2P/c1-18(2)23-11-19(3)28(20(4)12-23)24-15-25(29-21(5)13-27(35)14-22(29)6)17-26(16-24)32-33-30(7,8)31(9,10)34-32/h11-18H,35H2,1-10H3. The summed E-state index contributed by atoms with van der Waals surface area (Å²) in [6, 6.07) is 16.0. The molecule has 0 aliphatic carbocycles. The molecule has 4 rings (SSSR count). The van der Waals surface area contributed by atoms with Crippen molar-refractivity contribution in [1.29, 1.82) is 0 Å². The first-order chi connectivity index (χ1) is 16.2. The van der Waals surface area contributed by atoms with Crippen molar-refractivity contribution < 1.29 is 9.31 Å². The Balaban J connectivity index is 1.96. The molecule has 1 atom stereocenters. The third-order valence-corrected chi connectivity index (χ3v) is 8.17. The van der Waals surface area contributed by atoms with Gasteiger partial charge in [0.2, 0.25) is 0 Å². The zero-order valence-electron chi connectivity index (χ0n) is 23.1. The molecule has 2 nitrogen and oxygen atoms in total. The summed E-state index contributed by atoms with van der Waals surface area (Å²) in [4.78, 5) is 0. The van der Waals surface area contributed by atoms with Crippen molar-refractivity contribution in [3.05, 3.63) is 70.3 Å². The van der Waals surface area contributed by atoms with Crippen LogP contribution in [-0.4, -0.2) is 18.3 Å². The van der Waals surface area contributed by atoms with Gasteiger partial charge < -0.3 is 9.31 Å². The number of rotatable bonds is 4. The van der Waals surface area contributed by atoms with E-state index in [1.54, 1.807) is 0 Å². The monoisotopic (exact) mass is 486 g/mol. The van der Waals surface area contributed by atoms with E-state index < -0.39 is 7.12 Å². The highest BCUT2D eigenvalue weighted by Crippen LogP contribution is 2.39. The van der Waals surface area contributed by atoms with E-state index in [1.807, 2.05) is 0 Å². The molecule has 0 amide bonds. The molecule has 1 aliphatic heterocycles. The van der Waals surface area contributed by atoms with Crippen molar-refractivity contribution in [3.8, 4) is 22.3 Å². The molecule has 4 heteroatoms. The summed E-state index contributed by atoms with van der Waals surface area (Å²) in [5, 5.41) is 1.21. The Hall–Kier alpha value is -1.93. The van der Waals surface area contributed by atoms with E-state index in [2.05, 4.69) is 121 Å². The third-order valence-electron chi connectivity index (χ3n) is 7.83. The highest BCUT2D eigenvalue weighted by molar-refractivity contribution is 7.27. The highest BCUT2D eigenvalue weighted by Gasteiger charge is 2.51. The van der Waals surface area contributed by atoms with Crippen LogP contribution < -0.4 is 10.8 Å². The minimum atomic E-state index is -0.407. The van der Waals surface area contributed by atoms with Crippen molar-refractivity contribution in [2.24, 2.45) is 0 Å². The maximum Gasteiger partial charge on any atom is 0.494 e. The van der Waals surface area contributed by atoms with E-state index in [0.717, 1.165) is 5.46 Å². The van der Waals surface area contributed by atoms with Gasteiger partial charge in [0, 0.05) is 0 Å². The van der Waals surface area contributed by atoms with Crippen LogP contribution in [0.15, 0.2) is 42.5 Å². The highest BCUT2D eigenvalue weighted by atomic mass is 31.0. The lowest BCUT2D eigenvalue weighted by molar-refractivity contribution is 0.00578. The molecule has 3 aromatic rings. The fourth-order valence-corrected chi connectivity index (χ4v) is 5.79. The fourth-order valence-electron chi connectivity index (χ4n) is 5.29. The van der Waals surface area contributed by atoms with Gasteiger partial charge in [-0.15, -0.1) is 9.24 Å². The first-order valence-electron chi connectivity index (χ1n) is 12.7. The van der Waals surface area contributed by atoms with Crippen LogP contribution >= 0.6 is 9.24 Å². The zero-order chi connectivity index (χ0) is 25.9. The van der Waals surface area contributed by atoms with Crippen molar-refractivity contribution in [3.63, 3.8) is 0 Å². The number of hydrogen-bond donors (Lipinski definition) is 0. The average Bonchev–Trinajstić information content (AvgIpc) is 2.93. The van der Waals surface area contributed by atoms with Gasteiger partial charge in [0.15, 0.2) is 0 Å². The molecule has 0 aromatic heterocycles. The molecule has 1 fully saturated rings. The summed E-state index contributed by atoms with van der Waals surface area (Å²) < 4.78 is 13.0. The van der Waals surface area contributed by atoms with Crippen molar-refractivity contribution in [2.45, 2.75) is 86.4 Å². The van der Waals surface area contributed by atoms with Gasteiger partial charge in [-0.3, -0.25) is 0 Å². The van der Waals surface area contributed by atoms with Gasteiger partial charge in [0.05, 0.1) is 11.2 Å². The summed E-state index contributed by atoms with van der Waals surface area (Å²) in [6.07, 6.45) is 0. The number of aryl methyl sites for hydroxylation is 4. The van der Waals surface area contributed by atoms with E-state index in [1.165, 1.54) is 55.4 Å². The lowest BCUT2D eigenvalue weighted by atomic mass is 9.75. The van der Waals surface area contributed by atoms with Gasteiger partial charge in [-0.05, 0) is 128 Å². The second-order valence-corrected chi connectivity index (χ2v) is 12.3. The summed E-state index contributed by atoms with van der Waals surface area (Å²) in [5.74, 6) is 0.504. The minimum Gasteiger partial charge on any atom is -0.399 e. The molecule has 0 saturated carbocycles. The van der Waals surface area contributed by atoms with Crippen LogP contribution in [0.5, 0.6) is 0 Å². The van der Waals surface area contributed by atoms with Crippen LogP contribution in [0.25, 0.3) is 22.3 Å². The van der Waals surface area contributed by atoms with E-state index in [9.17, 15) is 0 Å². The van der Waals surface area contributed by atoms with Crippen LogP contribution in [0.1, 0.15) is 75.3 Å². The molecular weight excluding hydrogens is 446 g/mol. The summed E-state index contributed by atoms with van der Waals surface area (Å²) in [6.45, 7) is 21.8. The van der Waals surface area contributed by atoms with Crippen LogP contribution in [0, 0.1) is 27.7 Å². The summed E-state index contributed by atoms with van der Waals surface area (Å²) >= 11 is 0. The third kappa shape index (κ3) is 4.88. The van der Waals surface area contributed by atoms with Crippen molar-refractivity contribution in [2.75, 3.05) is 0 Å². The lowest BCUT2D eigenvalue weighted by Crippen LogP contribution is -2.41. The Kier molecular flexibility index (Phi) is 6.86. The molecule has 0 bridgehead atoms. The van der Waals surface area contributed by atoms with Crippen molar-refractivity contribution >= 4 is 27.1 Å². The van der Waals surface area contributed by atoms with Crippen LogP contribution in [-0.2, 0) is 9.31 Å². The Morgan fingerprint density at radius 3 is 1.46 bits per heavy atom. The molecule has 1 aliphatic rings. The van der Waals surface area contributed by atoms with Crippen LogP contribution in [0.2, 0.25) is 0 Å².